The van der Waals surface area contributed by atoms with E-state index in [0.29, 0.717) is 0 Å². The number of guanidine groups is 1. The van der Waals surface area contributed by atoms with E-state index in [1.54, 1.807) is 11.3 Å². The van der Waals surface area contributed by atoms with Crippen molar-refractivity contribution in [3.63, 3.8) is 0 Å². The van der Waals surface area contributed by atoms with Crippen LogP contribution in [0.1, 0.15) is 12.5 Å². The van der Waals surface area contributed by atoms with E-state index in [2.05, 4.69) is 45.6 Å². The third-order valence-corrected chi connectivity index (χ3v) is 3.29. The lowest BCUT2D eigenvalue weighted by Gasteiger charge is -2.10. The molecular weight excluding hydrogens is 238 g/mol. The molecule has 0 spiro atoms. The molecule has 1 aromatic rings. The van der Waals surface area contributed by atoms with Crippen LogP contribution in [0, 0.1) is 0 Å². The van der Waals surface area contributed by atoms with Gasteiger partial charge in [0.1, 0.15) is 0 Å². The maximum atomic E-state index is 4.52. The maximum Gasteiger partial charge on any atom is 0.191 e. The molecule has 90 valence electrons. The van der Waals surface area contributed by atoms with Gasteiger partial charge in [0.25, 0.3) is 0 Å². The van der Waals surface area contributed by atoms with Gasteiger partial charge in [-0.3, -0.25) is 0 Å². The Morgan fingerprint density at radius 2 is 2.38 bits per heavy atom. The summed E-state index contributed by atoms with van der Waals surface area (Å²) in [6.07, 6.45) is 2.11. The van der Waals surface area contributed by atoms with Gasteiger partial charge in [-0.05, 0) is 35.6 Å². The first-order chi connectivity index (χ1) is 7.86. The Morgan fingerprint density at radius 1 is 1.50 bits per heavy atom. The predicted octanol–water partition coefficient (Wildman–Crippen LogP) is 2.17. The molecule has 0 aliphatic rings. The molecule has 0 atom stereocenters. The minimum absolute atomic E-state index is 0.748. The Labute approximate surface area is 106 Å². The van der Waals surface area contributed by atoms with Crippen LogP contribution in [0.2, 0.25) is 0 Å². The van der Waals surface area contributed by atoms with E-state index in [1.807, 2.05) is 11.8 Å². The van der Waals surface area contributed by atoms with Crippen molar-refractivity contribution in [1.29, 1.82) is 0 Å². The lowest BCUT2D eigenvalue weighted by Crippen LogP contribution is -2.38. The number of thioether (sulfide) groups is 1. The third kappa shape index (κ3) is 5.42. The highest BCUT2D eigenvalue weighted by Crippen LogP contribution is 2.06. The molecule has 0 saturated carbocycles. The molecule has 0 radical (unpaired) electrons. The predicted molar refractivity (Wildman–Crippen MR) is 75.5 cm³/mol. The molecule has 1 rings (SSSR count). The van der Waals surface area contributed by atoms with Crippen molar-refractivity contribution in [3.8, 4) is 0 Å². The van der Waals surface area contributed by atoms with Gasteiger partial charge in [-0.2, -0.15) is 23.1 Å². The number of hydrogen-bond acceptors (Lipinski definition) is 3. The fourth-order valence-corrected chi connectivity index (χ4v) is 2.13. The van der Waals surface area contributed by atoms with Crippen LogP contribution in [0.3, 0.4) is 0 Å². The number of thiophene rings is 1. The molecule has 0 aromatic carbocycles. The van der Waals surface area contributed by atoms with Crippen LogP contribution < -0.4 is 10.6 Å². The van der Waals surface area contributed by atoms with Gasteiger partial charge in [-0.1, -0.05) is 0 Å². The number of aliphatic imine (C=N–C) groups is 1. The summed E-state index contributed by atoms with van der Waals surface area (Å²) >= 11 is 3.55. The topological polar surface area (TPSA) is 36.4 Å². The van der Waals surface area contributed by atoms with E-state index in [4.69, 9.17) is 0 Å². The van der Waals surface area contributed by atoms with Crippen LogP contribution in [0.25, 0.3) is 0 Å². The van der Waals surface area contributed by atoms with Crippen LogP contribution in [0.4, 0.5) is 0 Å². The molecular formula is C11H19N3S2. The van der Waals surface area contributed by atoms with Gasteiger partial charge in [-0.15, -0.1) is 0 Å². The van der Waals surface area contributed by atoms with E-state index in [0.717, 1.165) is 31.3 Å². The van der Waals surface area contributed by atoms with Crippen molar-refractivity contribution in [2.75, 3.05) is 25.1 Å². The molecule has 3 nitrogen and oxygen atoms in total. The molecule has 0 amide bonds. The van der Waals surface area contributed by atoms with Gasteiger partial charge in [0, 0.05) is 18.8 Å². The molecule has 0 aliphatic carbocycles. The Morgan fingerprint density at radius 3 is 3.00 bits per heavy atom. The monoisotopic (exact) mass is 257 g/mol. The zero-order chi connectivity index (χ0) is 11.6. The first-order valence-corrected chi connectivity index (χ1v) is 7.72. The summed E-state index contributed by atoms with van der Waals surface area (Å²) in [6.45, 7) is 4.68. The maximum absolute atomic E-state index is 4.52. The molecule has 0 unspecified atom stereocenters. The molecule has 16 heavy (non-hydrogen) atoms. The second kappa shape index (κ2) is 8.47. The van der Waals surface area contributed by atoms with Gasteiger partial charge in [0.15, 0.2) is 5.96 Å². The molecule has 5 heteroatoms. The van der Waals surface area contributed by atoms with Gasteiger partial charge < -0.3 is 10.6 Å². The average molecular weight is 257 g/mol. The van der Waals surface area contributed by atoms with E-state index in [9.17, 15) is 0 Å². The fourth-order valence-electron chi connectivity index (χ4n) is 1.17. The molecule has 1 aromatic heterocycles. The molecule has 1 heterocycles. The second-order valence-corrected chi connectivity index (χ2v) is 5.01. The van der Waals surface area contributed by atoms with E-state index in [-0.39, 0.29) is 0 Å². The first kappa shape index (κ1) is 13.4. The van der Waals surface area contributed by atoms with Crippen molar-refractivity contribution in [2.45, 2.75) is 13.5 Å². The van der Waals surface area contributed by atoms with Crippen LogP contribution >= 0.6 is 23.1 Å². The third-order valence-electron chi connectivity index (χ3n) is 1.94. The zero-order valence-corrected chi connectivity index (χ0v) is 11.5. The van der Waals surface area contributed by atoms with Crippen LogP contribution in [0.5, 0.6) is 0 Å². The summed E-state index contributed by atoms with van der Waals surface area (Å²) in [6, 6.07) is 2.11. The van der Waals surface area contributed by atoms with Gasteiger partial charge in [0.2, 0.25) is 0 Å². The summed E-state index contributed by atoms with van der Waals surface area (Å²) in [4.78, 5) is 4.52. The van der Waals surface area contributed by atoms with Crippen molar-refractivity contribution in [2.24, 2.45) is 4.99 Å². The minimum Gasteiger partial charge on any atom is -0.357 e. The van der Waals surface area contributed by atoms with Crippen LogP contribution in [-0.4, -0.2) is 31.1 Å². The van der Waals surface area contributed by atoms with Gasteiger partial charge >= 0.3 is 0 Å². The van der Waals surface area contributed by atoms with Crippen molar-refractivity contribution >= 4 is 29.1 Å². The number of nitrogens with one attached hydrogen (secondary N) is 2. The average Bonchev–Trinajstić information content (AvgIpc) is 2.79. The smallest absolute Gasteiger partial charge is 0.191 e. The van der Waals surface area contributed by atoms with Crippen LogP contribution in [-0.2, 0) is 6.54 Å². The van der Waals surface area contributed by atoms with Gasteiger partial charge in [0.05, 0.1) is 6.54 Å². The zero-order valence-electron chi connectivity index (χ0n) is 9.82. The summed E-state index contributed by atoms with van der Waals surface area (Å²) in [7, 11) is 0. The highest BCUT2D eigenvalue weighted by molar-refractivity contribution is 7.98. The molecule has 0 saturated heterocycles. The molecule has 2 N–H and O–H groups in total. The van der Waals surface area contributed by atoms with Crippen molar-refractivity contribution in [3.05, 3.63) is 22.4 Å². The first-order valence-electron chi connectivity index (χ1n) is 5.39. The summed E-state index contributed by atoms with van der Waals surface area (Å²) in [5.41, 5.74) is 1.27. The SMILES string of the molecule is CCNC(=NCc1ccsc1)NCCSC. The number of nitrogens with zero attached hydrogens (tertiary/aromatic N) is 1. The summed E-state index contributed by atoms with van der Waals surface area (Å²) < 4.78 is 0. The lowest BCUT2D eigenvalue weighted by atomic mass is 10.3. The highest BCUT2D eigenvalue weighted by atomic mass is 32.2. The van der Waals surface area contributed by atoms with Gasteiger partial charge in [-0.25, -0.2) is 4.99 Å². The van der Waals surface area contributed by atoms with E-state index >= 15 is 0 Å². The van der Waals surface area contributed by atoms with Crippen molar-refractivity contribution in [1.82, 2.24) is 10.6 Å². The van der Waals surface area contributed by atoms with Crippen LogP contribution in [0.15, 0.2) is 21.8 Å². The fraction of sp³-hybridized carbons (Fsp3) is 0.545. The normalized spacial score (nSPS) is 11.5. The van der Waals surface area contributed by atoms with Crippen molar-refractivity contribution < 1.29 is 0 Å². The number of rotatable bonds is 6. The Balaban J connectivity index is 2.38. The Kier molecular flexibility index (Phi) is 7.09. The second-order valence-electron chi connectivity index (χ2n) is 3.25. The molecule has 0 aliphatic heterocycles. The minimum atomic E-state index is 0.748. The lowest BCUT2D eigenvalue weighted by molar-refractivity contribution is 0.844. The summed E-state index contributed by atoms with van der Waals surface area (Å²) in [5.74, 6) is 2.01. The quantitative estimate of drug-likeness (QED) is 0.466. The highest BCUT2D eigenvalue weighted by Gasteiger charge is 1.96. The largest absolute Gasteiger partial charge is 0.357 e. The molecule has 0 bridgehead atoms. The van der Waals surface area contributed by atoms with E-state index < -0.39 is 0 Å². The summed E-state index contributed by atoms with van der Waals surface area (Å²) in [5, 5.41) is 10.8. The standard InChI is InChI=1S/C11H19N3S2/c1-3-12-11(13-5-7-15-2)14-8-10-4-6-16-9-10/h4,6,9H,3,5,7-8H2,1-2H3,(H2,12,13,14). The molecule has 0 fully saturated rings. The number of hydrogen-bond donors (Lipinski definition) is 2. The Hall–Kier alpha value is -0.680. The Bertz CT molecular complexity index is 296. The van der Waals surface area contributed by atoms with E-state index in [1.165, 1.54) is 5.56 Å².